The van der Waals surface area contributed by atoms with E-state index in [9.17, 15) is 4.79 Å². The summed E-state index contributed by atoms with van der Waals surface area (Å²) in [5.41, 5.74) is 2.55. The van der Waals surface area contributed by atoms with Gasteiger partial charge in [0.25, 0.3) is 0 Å². The van der Waals surface area contributed by atoms with Gasteiger partial charge in [0, 0.05) is 0 Å². The summed E-state index contributed by atoms with van der Waals surface area (Å²) < 4.78 is 4.86. The minimum atomic E-state index is -0.314. The lowest BCUT2D eigenvalue weighted by molar-refractivity contribution is 0.177. The van der Waals surface area contributed by atoms with E-state index >= 15 is 0 Å². The van der Waals surface area contributed by atoms with Gasteiger partial charge in [0.2, 0.25) is 0 Å². The van der Waals surface area contributed by atoms with Gasteiger partial charge in [-0.3, -0.25) is 0 Å². The van der Waals surface area contributed by atoms with Crippen LogP contribution in [0.1, 0.15) is 35.9 Å². The van der Waals surface area contributed by atoms with Gasteiger partial charge in [-0.1, -0.05) is 24.3 Å². The Morgan fingerprint density at radius 2 is 1.80 bits per heavy atom. The van der Waals surface area contributed by atoms with Gasteiger partial charge >= 0.3 is 6.09 Å². The van der Waals surface area contributed by atoms with Crippen LogP contribution in [0.15, 0.2) is 24.3 Å². The first-order valence-electron chi connectivity index (χ1n) is 5.36. The molecule has 78 valence electrons. The van der Waals surface area contributed by atoms with Crippen molar-refractivity contribution < 1.29 is 9.53 Å². The molecule has 0 bridgehead atoms. The van der Waals surface area contributed by atoms with Gasteiger partial charge in [0.15, 0.2) is 0 Å². The van der Waals surface area contributed by atoms with Gasteiger partial charge in [-0.2, -0.15) is 0 Å². The fourth-order valence-corrected chi connectivity index (χ4v) is 1.98. The highest BCUT2D eigenvalue weighted by Crippen LogP contribution is 2.40. The van der Waals surface area contributed by atoms with Crippen LogP contribution >= 0.6 is 0 Å². The molecule has 1 heterocycles. The van der Waals surface area contributed by atoms with Crippen LogP contribution in [0.3, 0.4) is 0 Å². The number of ether oxygens (including phenoxy) is 1. The van der Waals surface area contributed by atoms with Crippen LogP contribution in [0.5, 0.6) is 0 Å². The molecule has 1 aromatic carbocycles. The summed E-state index contributed by atoms with van der Waals surface area (Å²) in [4.78, 5) is 10.9. The number of carbonyl (C=O) groups excluding carboxylic acids is 1. The Kier molecular flexibility index (Phi) is 1.91. The number of carbonyl (C=O) groups is 1. The normalized spacial score (nSPS) is 24.8. The van der Waals surface area contributed by atoms with Gasteiger partial charge < -0.3 is 10.1 Å². The predicted octanol–water partition coefficient (Wildman–Crippen LogP) is 2.34. The molecule has 0 radical (unpaired) electrons. The largest absolute Gasteiger partial charge is 0.447 e. The van der Waals surface area contributed by atoms with E-state index < -0.39 is 0 Å². The van der Waals surface area contributed by atoms with Gasteiger partial charge in [0.1, 0.15) is 6.61 Å². The molecule has 1 atom stereocenters. The molecule has 1 amide bonds. The third-order valence-electron chi connectivity index (χ3n) is 3.06. The maximum Gasteiger partial charge on any atom is 0.407 e. The third kappa shape index (κ3) is 1.69. The maximum atomic E-state index is 10.9. The SMILES string of the molecule is O=C1NC(c2ccc(C3CC3)cc2)CO1. The summed E-state index contributed by atoms with van der Waals surface area (Å²) in [7, 11) is 0. The third-order valence-corrected chi connectivity index (χ3v) is 3.06. The first kappa shape index (κ1) is 8.77. The molecule has 3 heteroatoms. The van der Waals surface area contributed by atoms with Crippen molar-refractivity contribution in [2.24, 2.45) is 0 Å². The predicted molar refractivity (Wildman–Crippen MR) is 55.6 cm³/mol. The van der Waals surface area contributed by atoms with Crippen LogP contribution in [0, 0.1) is 0 Å². The zero-order chi connectivity index (χ0) is 10.3. The molecule has 0 aromatic heterocycles. The summed E-state index contributed by atoms with van der Waals surface area (Å²) >= 11 is 0. The number of hydrogen-bond donors (Lipinski definition) is 1. The minimum absolute atomic E-state index is 0.0331. The van der Waals surface area contributed by atoms with Crippen molar-refractivity contribution >= 4 is 6.09 Å². The number of nitrogens with one attached hydrogen (secondary N) is 1. The molecule has 1 saturated carbocycles. The lowest BCUT2D eigenvalue weighted by Gasteiger charge is -2.08. The Balaban J connectivity index is 1.77. The van der Waals surface area contributed by atoms with Crippen LogP contribution in [0.2, 0.25) is 0 Å². The second-order valence-corrected chi connectivity index (χ2v) is 4.24. The van der Waals surface area contributed by atoms with Gasteiger partial charge in [-0.25, -0.2) is 4.79 Å². The van der Waals surface area contributed by atoms with Crippen molar-refractivity contribution in [3.8, 4) is 0 Å². The monoisotopic (exact) mass is 203 g/mol. The first-order chi connectivity index (χ1) is 7.33. The first-order valence-corrected chi connectivity index (χ1v) is 5.36. The molecule has 2 fully saturated rings. The summed E-state index contributed by atoms with van der Waals surface area (Å²) in [5, 5.41) is 2.77. The van der Waals surface area contributed by atoms with Gasteiger partial charge in [-0.05, 0) is 29.9 Å². The second-order valence-electron chi connectivity index (χ2n) is 4.24. The number of hydrogen-bond acceptors (Lipinski definition) is 2. The molecule has 1 unspecified atom stereocenters. The van der Waals surface area contributed by atoms with E-state index in [4.69, 9.17) is 4.74 Å². The molecule has 1 N–H and O–H groups in total. The fraction of sp³-hybridized carbons (Fsp3) is 0.417. The second kappa shape index (κ2) is 3.26. The molecule has 1 aliphatic carbocycles. The Bertz CT molecular complexity index is 381. The molecule has 3 nitrogen and oxygen atoms in total. The molecule has 1 aromatic rings. The number of cyclic esters (lactones) is 1. The van der Waals surface area contributed by atoms with E-state index in [0.29, 0.717) is 6.61 Å². The van der Waals surface area contributed by atoms with Crippen molar-refractivity contribution in [2.45, 2.75) is 24.8 Å². The topological polar surface area (TPSA) is 38.3 Å². The number of alkyl carbamates (subject to hydrolysis) is 1. The van der Waals surface area contributed by atoms with Crippen molar-refractivity contribution in [1.82, 2.24) is 5.32 Å². The summed E-state index contributed by atoms with van der Waals surface area (Å²) in [6.07, 6.45) is 2.33. The van der Waals surface area contributed by atoms with Crippen molar-refractivity contribution in [2.75, 3.05) is 6.61 Å². The summed E-state index contributed by atoms with van der Waals surface area (Å²) in [6.45, 7) is 0.446. The number of benzene rings is 1. The molecular formula is C12H13NO2. The molecular weight excluding hydrogens is 190 g/mol. The fourth-order valence-electron chi connectivity index (χ4n) is 1.98. The Morgan fingerprint density at radius 1 is 1.13 bits per heavy atom. The van der Waals surface area contributed by atoms with Gasteiger partial charge in [-0.15, -0.1) is 0 Å². The van der Waals surface area contributed by atoms with Crippen LogP contribution in [-0.2, 0) is 4.74 Å². The average molecular weight is 203 g/mol. The van der Waals surface area contributed by atoms with Gasteiger partial charge in [0.05, 0.1) is 6.04 Å². The zero-order valence-electron chi connectivity index (χ0n) is 8.40. The van der Waals surface area contributed by atoms with E-state index in [1.807, 2.05) is 0 Å². The Morgan fingerprint density at radius 3 is 2.33 bits per heavy atom. The lowest BCUT2D eigenvalue weighted by Crippen LogP contribution is -2.18. The Hall–Kier alpha value is -1.51. The summed E-state index contributed by atoms with van der Waals surface area (Å²) in [6, 6.07) is 8.54. The average Bonchev–Trinajstić information content (AvgIpc) is 3.02. The van der Waals surface area contributed by atoms with Crippen LogP contribution in [0.25, 0.3) is 0 Å². The van der Waals surface area contributed by atoms with Crippen LogP contribution in [-0.4, -0.2) is 12.7 Å². The smallest absolute Gasteiger partial charge is 0.407 e. The highest BCUT2D eigenvalue weighted by Gasteiger charge is 2.26. The highest BCUT2D eigenvalue weighted by atomic mass is 16.6. The van der Waals surface area contributed by atoms with Crippen molar-refractivity contribution in [3.05, 3.63) is 35.4 Å². The van der Waals surface area contributed by atoms with Crippen LogP contribution in [0.4, 0.5) is 4.79 Å². The van der Waals surface area contributed by atoms with Crippen molar-refractivity contribution in [3.63, 3.8) is 0 Å². The molecule has 3 rings (SSSR count). The van der Waals surface area contributed by atoms with E-state index in [0.717, 1.165) is 11.5 Å². The molecule has 15 heavy (non-hydrogen) atoms. The molecule has 2 aliphatic rings. The quantitative estimate of drug-likeness (QED) is 0.801. The molecule has 1 saturated heterocycles. The zero-order valence-corrected chi connectivity index (χ0v) is 8.40. The van der Waals surface area contributed by atoms with E-state index in [-0.39, 0.29) is 12.1 Å². The number of amides is 1. The van der Waals surface area contributed by atoms with E-state index in [1.54, 1.807) is 0 Å². The minimum Gasteiger partial charge on any atom is -0.447 e. The maximum absolute atomic E-state index is 10.9. The Labute approximate surface area is 88.4 Å². The van der Waals surface area contributed by atoms with E-state index in [2.05, 4.69) is 29.6 Å². The lowest BCUT2D eigenvalue weighted by atomic mass is 10.0. The number of rotatable bonds is 2. The molecule has 1 aliphatic heterocycles. The highest BCUT2D eigenvalue weighted by molar-refractivity contribution is 5.70. The molecule has 0 spiro atoms. The van der Waals surface area contributed by atoms with Crippen LogP contribution < -0.4 is 5.32 Å². The van der Waals surface area contributed by atoms with E-state index in [1.165, 1.54) is 18.4 Å². The van der Waals surface area contributed by atoms with Crippen molar-refractivity contribution in [1.29, 1.82) is 0 Å². The summed E-state index contributed by atoms with van der Waals surface area (Å²) in [5.74, 6) is 0.786. The standard InChI is InChI=1S/C12H13NO2/c14-12-13-11(7-15-12)10-5-3-9(4-6-10)8-1-2-8/h3-6,8,11H,1-2,7H2,(H,13,14).